The van der Waals surface area contributed by atoms with Crippen molar-refractivity contribution in [1.29, 1.82) is 0 Å². The number of carbonyl (C=O) groups is 1. The van der Waals surface area contributed by atoms with Gasteiger partial charge in [-0.15, -0.1) is 0 Å². The molecule has 1 aliphatic rings. The number of carbonyl (C=O) groups excluding carboxylic acids is 1. The topological polar surface area (TPSA) is 23.6 Å². The monoisotopic (exact) mass is 296 g/mol. The zero-order valence-electron chi connectivity index (χ0n) is 10.4. The molecule has 0 atom stereocenters. The summed E-state index contributed by atoms with van der Waals surface area (Å²) in [5, 5.41) is 0. The SMILES string of the molecule is CN1CCC(C)(C)N(c2ccc(Br)cc2)C1=O. The second-order valence-electron chi connectivity index (χ2n) is 5.08. The van der Waals surface area contributed by atoms with Crippen LogP contribution in [0.5, 0.6) is 0 Å². The van der Waals surface area contributed by atoms with Crippen LogP contribution < -0.4 is 4.90 Å². The van der Waals surface area contributed by atoms with E-state index in [9.17, 15) is 4.79 Å². The van der Waals surface area contributed by atoms with Gasteiger partial charge in [0.05, 0.1) is 0 Å². The highest BCUT2D eigenvalue weighted by atomic mass is 79.9. The van der Waals surface area contributed by atoms with Gasteiger partial charge in [-0.1, -0.05) is 15.9 Å². The number of amides is 2. The number of halogens is 1. The van der Waals surface area contributed by atoms with E-state index in [0.717, 1.165) is 23.1 Å². The Labute approximate surface area is 111 Å². The third-order valence-electron chi connectivity index (χ3n) is 3.27. The summed E-state index contributed by atoms with van der Waals surface area (Å²) in [7, 11) is 1.85. The van der Waals surface area contributed by atoms with Crippen molar-refractivity contribution in [2.24, 2.45) is 0 Å². The largest absolute Gasteiger partial charge is 0.327 e. The molecule has 2 amide bonds. The van der Waals surface area contributed by atoms with Gasteiger partial charge in [0.25, 0.3) is 0 Å². The van der Waals surface area contributed by atoms with E-state index in [1.54, 1.807) is 4.90 Å². The van der Waals surface area contributed by atoms with E-state index in [1.807, 2.05) is 36.2 Å². The number of benzene rings is 1. The first-order chi connectivity index (χ1) is 7.92. The molecule has 2 rings (SSSR count). The van der Waals surface area contributed by atoms with Gasteiger partial charge in [0, 0.05) is 29.3 Å². The van der Waals surface area contributed by atoms with Crippen molar-refractivity contribution in [2.75, 3.05) is 18.5 Å². The van der Waals surface area contributed by atoms with E-state index < -0.39 is 0 Å². The molecule has 0 N–H and O–H groups in total. The fourth-order valence-corrected chi connectivity index (χ4v) is 2.39. The highest BCUT2D eigenvalue weighted by Gasteiger charge is 2.38. The quantitative estimate of drug-likeness (QED) is 0.778. The molecule has 0 aliphatic carbocycles. The molecular weight excluding hydrogens is 280 g/mol. The number of rotatable bonds is 1. The summed E-state index contributed by atoms with van der Waals surface area (Å²) in [5.41, 5.74) is 0.826. The van der Waals surface area contributed by atoms with Crippen LogP contribution in [-0.4, -0.2) is 30.1 Å². The minimum atomic E-state index is -0.128. The van der Waals surface area contributed by atoms with Crippen molar-refractivity contribution in [1.82, 2.24) is 4.90 Å². The van der Waals surface area contributed by atoms with Crippen LogP contribution in [0.3, 0.4) is 0 Å². The van der Waals surface area contributed by atoms with Gasteiger partial charge in [0.1, 0.15) is 0 Å². The highest BCUT2D eigenvalue weighted by molar-refractivity contribution is 9.10. The summed E-state index contributed by atoms with van der Waals surface area (Å²) in [6, 6.07) is 7.95. The van der Waals surface area contributed by atoms with E-state index in [0.29, 0.717) is 0 Å². The van der Waals surface area contributed by atoms with Gasteiger partial charge in [-0.2, -0.15) is 0 Å². The number of nitrogens with zero attached hydrogens (tertiary/aromatic N) is 2. The Balaban J connectivity index is 2.39. The summed E-state index contributed by atoms with van der Waals surface area (Å²) >= 11 is 3.41. The molecule has 1 saturated heterocycles. The third-order valence-corrected chi connectivity index (χ3v) is 3.80. The second-order valence-corrected chi connectivity index (χ2v) is 5.99. The lowest BCUT2D eigenvalue weighted by Crippen LogP contribution is -2.58. The number of hydrogen-bond acceptors (Lipinski definition) is 1. The molecule has 3 nitrogen and oxygen atoms in total. The molecule has 4 heteroatoms. The lowest BCUT2D eigenvalue weighted by molar-refractivity contribution is 0.187. The van der Waals surface area contributed by atoms with E-state index in [-0.39, 0.29) is 11.6 Å². The average Bonchev–Trinajstić information content (AvgIpc) is 2.27. The van der Waals surface area contributed by atoms with Gasteiger partial charge in [-0.25, -0.2) is 4.79 Å². The Hall–Kier alpha value is -1.03. The fourth-order valence-electron chi connectivity index (χ4n) is 2.13. The van der Waals surface area contributed by atoms with E-state index in [4.69, 9.17) is 0 Å². The molecule has 0 bridgehead atoms. The molecule has 0 radical (unpaired) electrons. The third kappa shape index (κ3) is 2.32. The van der Waals surface area contributed by atoms with Gasteiger partial charge >= 0.3 is 6.03 Å². The predicted octanol–water partition coefficient (Wildman–Crippen LogP) is 3.49. The molecule has 17 heavy (non-hydrogen) atoms. The van der Waals surface area contributed by atoms with Crippen LogP contribution >= 0.6 is 15.9 Å². The number of anilines is 1. The summed E-state index contributed by atoms with van der Waals surface area (Å²) in [5.74, 6) is 0. The van der Waals surface area contributed by atoms with Crippen molar-refractivity contribution in [3.05, 3.63) is 28.7 Å². The molecule has 1 aromatic carbocycles. The van der Waals surface area contributed by atoms with E-state index in [1.165, 1.54) is 0 Å². The second kappa shape index (κ2) is 4.33. The van der Waals surface area contributed by atoms with Crippen molar-refractivity contribution in [3.63, 3.8) is 0 Å². The Morgan fingerprint density at radius 2 is 1.82 bits per heavy atom. The van der Waals surface area contributed by atoms with Gasteiger partial charge in [-0.3, -0.25) is 4.90 Å². The summed E-state index contributed by atoms with van der Waals surface area (Å²) in [4.78, 5) is 15.9. The van der Waals surface area contributed by atoms with Gasteiger partial charge in [0.15, 0.2) is 0 Å². The Kier molecular flexibility index (Phi) is 3.17. The lowest BCUT2D eigenvalue weighted by Gasteiger charge is -2.45. The zero-order valence-corrected chi connectivity index (χ0v) is 12.0. The van der Waals surface area contributed by atoms with Gasteiger partial charge in [-0.05, 0) is 44.5 Å². The number of hydrogen-bond donors (Lipinski definition) is 0. The molecule has 0 spiro atoms. The van der Waals surface area contributed by atoms with Crippen molar-refractivity contribution in [3.8, 4) is 0 Å². The van der Waals surface area contributed by atoms with E-state index >= 15 is 0 Å². The number of urea groups is 1. The summed E-state index contributed by atoms with van der Waals surface area (Å²) in [6.07, 6.45) is 0.977. The molecule has 1 aliphatic heterocycles. The standard InChI is InChI=1S/C13H17BrN2O/c1-13(2)8-9-15(3)12(17)16(13)11-6-4-10(14)5-7-11/h4-7H,8-9H2,1-3H3. The Morgan fingerprint density at radius 1 is 1.24 bits per heavy atom. The maximum absolute atomic E-state index is 12.3. The van der Waals surface area contributed by atoms with Crippen molar-refractivity contribution in [2.45, 2.75) is 25.8 Å². The van der Waals surface area contributed by atoms with Crippen molar-refractivity contribution >= 4 is 27.6 Å². The van der Waals surface area contributed by atoms with Crippen LogP contribution in [-0.2, 0) is 0 Å². The van der Waals surface area contributed by atoms with Crippen LogP contribution in [0.2, 0.25) is 0 Å². The molecule has 0 saturated carbocycles. The molecule has 0 aromatic heterocycles. The van der Waals surface area contributed by atoms with Crippen LogP contribution in [0.25, 0.3) is 0 Å². The van der Waals surface area contributed by atoms with Crippen molar-refractivity contribution < 1.29 is 4.79 Å². The van der Waals surface area contributed by atoms with Crippen LogP contribution in [0.1, 0.15) is 20.3 Å². The summed E-state index contributed by atoms with van der Waals surface area (Å²) in [6.45, 7) is 5.04. The molecule has 0 unspecified atom stereocenters. The Bertz CT molecular complexity index is 428. The molecule has 1 heterocycles. The normalized spacial score (nSPS) is 19.6. The van der Waals surface area contributed by atoms with Crippen LogP contribution in [0.4, 0.5) is 10.5 Å². The molecule has 92 valence electrons. The molecular formula is C13H17BrN2O. The lowest BCUT2D eigenvalue weighted by atomic mass is 9.95. The minimum Gasteiger partial charge on any atom is -0.327 e. The first kappa shape index (κ1) is 12.4. The maximum Gasteiger partial charge on any atom is 0.324 e. The highest BCUT2D eigenvalue weighted by Crippen LogP contribution is 2.32. The first-order valence-electron chi connectivity index (χ1n) is 5.73. The van der Waals surface area contributed by atoms with Gasteiger partial charge < -0.3 is 4.90 Å². The zero-order chi connectivity index (χ0) is 12.6. The minimum absolute atomic E-state index is 0.0728. The van der Waals surface area contributed by atoms with E-state index in [2.05, 4.69) is 29.8 Å². The maximum atomic E-state index is 12.3. The molecule has 1 aromatic rings. The molecule has 1 fully saturated rings. The smallest absolute Gasteiger partial charge is 0.324 e. The fraction of sp³-hybridized carbons (Fsp3) is 0.462. The summed E-state index contributed by atoms with van der Waals surface area (Å²) < 4.78 is 1.02. The predicted molar refractivity (Wildman–Crippen MR) is 73.3 cm³/mol. The van der Waals surface area contributed by atoms with Crippen LogP contribution in [0, 0.1) is 0 Å². The Morgan fingerprint density at radius 3 is 2.41 bits per heavy atom. The average molecular weight is 297 g/mol. The first-order valence-corrected chi connectivity index (χ1v) is 6.52. The van der Waals surface area contributed by atoms with Crippen LogP contribution in [0.15, 0.2) is 28.7 Å². The van der Waals surface area contributed by atoms with Gasteiger partial charge in [0.2, 0.25) is 0 Å².